The number of nitrogens with two attached hydrogens (primary N) is 1. The number of hydrogen-bond acceptors (Lipinski definition) is 4. The van der Waals surface area contributed by atoms with Gasteiger partial charge >= 0.3 is 0 Å². The molecule has 2 heterocycles. The molecule has 0 aliphatic carbocycles. The standard InChI is InChI=1S/C8H12N6/c1-2-7-11-8(13-12-7)5-14-4-6(9)3-10-14/h3-4H,2,5,9H2,1H3,(H,11,12,13). The van der Waals surface area contributed by atoms with Crippen molar-refractivity contribution in [1.29, 1.82) is 0 Å². The van der Waals surface area contributed by atoms with Gasteiger partial charge in [0.1, 0.15) is 12.4 Å². The van der Waals surface area contributed by atoms with Crippen LogP contribution in [0.1, 0.15) is 18.6 Å². The predicted molar refractivity (Wildman–Crippen MR) is 51.5 cm³/mol. The first-order valence-electron chi connectivity index (χ1n) is 4.46. The molecule has 0 saturated heterocycles. The van der Waals surface area contributed by atoms with Crippen LogP contribution >= 0.6 is 0 Å². The van der Waals surface area contributed by atoms with Crippen molar-refractivity contribution in [1.82, 2.24) is 25.0 Å². The molecular weight excluding hydrogens is 180 g/mol. The van der Waals surface area contributed by atoms with Crippen LogP contribution in [0.25, 0.3) is 0 Å². The molecule has 2 aromatic rings. The number of aromatic amines is 1. The fourth-order valence-electron chi connectivity index (χ4n) is 1.18. The van der Waals surface area contributed by atoms with Crippen molar-refractivity contribution in [2.45, 2.75) is 19.9 Å². The average molecular weight is 192 g/mol. The molecule has 2 aromatic heterocycles. The maximum atomic E-state index is 5.53. The lowest BCUT2D eigenvalue weighted by Gasteiger charge is -1.94. The quantitative estimate of drug-likeness (QED) is 0.727. The third kappa shape index (κ3) is 1.73. The third-order valence-corrected chi connectivity index (χ3v) is 1.86. The van der Waals surface area contributed by atoms with E-state index in [2.05, 4.69) is 20.3 Å². The maximum Gasteiger partial charge on any atom is 0.150 e. The molecule has 0 saturated carbocycles. The number of rotatable bonds is 3. The van der Waals surface area contributed by atoms with Gasteiger partial charge < -0.3 is 5.73 Å². The summed E-state index contributed by atoms with van der Waals surface area (Å²) in [5.41, 5.74) is 6.19. The summed E-state index contributed by atoms with van der Waals surface area (Å²) in [5, 5.41) is 10.9. The molecule has 0 aliphatic heterocycles. The van der Waals surface area contributed by atoms with E-state index in [4.69, 9.17) is 5.73 Å². The fraction of sp³-hybridized carbons (Fsp3) is 0.375. The van der Waals surface area contributed by atoms with Crippen LogP contribution in [0.15, 0.2) is 12.4 Å². The van der Waals surface area contributed by atoms with Crippen LogP contribution in [0.2, 0.25) is 0 Å². The Morgan fingerprint density at radius 3 is 3.00 bits per heavy atom. The molecule has 0 aromatic carbocycles. The second-order valence-corrected chi connectivity index (χ2v) is 3.02. The van der Waals surface area contributed by atoms with E-state index < -0.39 is 0 Å². The highest BCUT2D eigenvalue weighted by atomic mass is 15.3. The highest BCUT2D eigenvalue weighted by Gasteiger charge is 2.02. The number of aromatic nitrogens is 5. The van der Waals surface area contributed by atoms with E-state index in [0.29, 0.717) is 12.2 Å². The first kappa shape index (κ1) is 8.74. The molecule has 74 valence electrons. The lowest BCUT2D eigenvalue weighted by atomic mass is 10.5. The summed E-state index contributed by atoms with van der Waals surface area (Å²) in [7, 11) is 0. The van der Waals surface area contributed by atoms with Gasteiger partial charge in [0.15, 0.2) is 5.82 Å². The van der Waals surface area contributed by atoms with Crippen molar-refractivity contribution in [3.8, 4) is 0 Å². The number of nitrogen functional groups attached to an aromatic ring is 1. The molecule has 0 unspecified atom stereocenters. The largest absolute Gasteiger partial charge is 0.396 e. The van der Waals surface area contributed by atoms with Crippen LogP contribution < -0.4 is 5.73 Å². The zero-order valence-corrected chi connectivity index (χ0v) is 7.94. The Morgan fingerprint density at radius 2 is 2.43 bits per heavy atom. The van der Waals surface area contributed by atoms with Crippen molar-refractivity contribution in [2.24, 2.45) is 0 Å². The van der Waals surface area contributed by atoms with Crippen LogP contribution in [0.4, 0.5) is 5.69 Å². The molecule has 6 nitrogen and oxygen atoms in total. The van der Waals surface area contributed by atoms with Gasteiger partial charge in [0, 0.05) is 12.6 Å². The lowest BCUT2D eigenvalue weighted by molar-refractivity contribution is 0.657. The van der Waals surface area contributed by atoms with Gasteiger partial charge in [-0.1, -0.05) is 6.92 Å². The number of H-pyrrole nitrogens is 1. The minimum absolute atomic E-state index is 0.574. The van der Waals surface area contributed by atoms with Crippen LogP contribution in [0.3, 0.4) is 0 Å². The van der Waals surface area contributed by atoms with Crippen LogP contribution in [0.5, 0.6) is 0 Å². The monoisotopic (exact) mass is 192 g/mol. The van der Waals surface area contributed by atoms with Gasteiger partial charge in [-0.2, -0.15) is 10.2 Å². The van der Waals surface area contributed by atoms with E-state index >= 15 is 0 Å². The molecule has 0 amide bonds. The van der Waals surface area contributed by atoms with Crippen LogP contribution in [0, 0.1) is 0 Å². The number of anilines is 1. The van der Waals surface area contributed by atoms with Gasteiger partial charge in [-0.3, -0.25) is 9.78 Å². The average Bonchev–Trinajstić information content (AvgIpc) is 2.76. The van der Waals surface area contributed by atoms with E-state index in [1.807, 2.05) is 6.92 Å². The molecular formula is C8H12N6. The van der Waals surface area contributed by atoms with Gasteiger partial charge in [-0.05, 0) is 0 Å². The Balaban J connectivity index is 2.10. The normalized spacial score (nSPS) is 10.6. The minimum Gasteiger partial charge on any atom is -0.396 e. The first-order valence-corrected chi connectivity index (χ1v) is 4.46. The lowest BCUT2D eigenvalue weighted by Crippen LogP contribution is -2.01. The number of nitrogens with zero attached hydrogens (tertiary/aromatic N) is 4. The Labute approximate surface area is 81.1 Å². The summed E-state index contributed by atoms with van der Waals surface area (Å²) in [4.78, 5) is 4.26. The Morgan fingerprint density at radius 1 is 1.57 bits per heavy atom. The SMILES string of the molecule is CCc1n[nH]c(Cn2cc(N)cn2)n1. The van der Waals surface area contributed by atoms with Crippen LogP contribution in [-0.2, 0) is 13.0 Å². The van der Waals surface area contributed by atoms with Crippen molar-refractivity contribution >= 4 is 5.69 Å². The summed E-state index contributed by atoms with van der Waals surface area (Å²) in [6.07, 6.45) is 4.20. The summed E-state index contributed by atoms with van der Waals surface area (Å²) in [5.74, 6) is 1.62. The summed E-state index contributed by atoms with van der Waals surface area (Å²) in [6, 6.07) is 0. The number of hydrogen-bond donors (Lipinski definition) is 2. The summed E-state index contributed by atoms with van der Waals surface area (Å²) >= 11 is 0. The van der Waals surface area contributed by atoms with E-state index in [0.717, 1.165) is 18.1 Å². The van der Waals surface area contributed by atoms with Crippen molar-refractivity contribution < 1.29 is 0 Å². The zero-order chi connectivity index (χ0) is 9.97. The summed E-state index contributed by atoms with van der Waals surface area (Å²) < 4.78 is 1.72. The van der Waals surface area contributed by atoms with E-state index in [-0.39, 0.29) is 0 Å². The molecule has 0 bridgehead atoms. The third-order valence-electron chi connectivity index (χ3n) is 1.86. The Hall–Kier alpha value is -1.85. The van der Waals surface area contributed by atoms with Gasteiger partial charge in [-0.15, -0.1) is 0 Å². The second kappa shape index (κ2) is 3.49. The molecule has 0 aliphatic rings. The predicted octanol–water partition coefficient (Wildman–Crippen LogP) is 0.194. The minimum atomic E-state index is 0.574. The fourth-order valence-corrected chi connectivity index (χ4v) is 1.18. The van der Waals surface area contributed by atoms with Gasteiger partial charge in [-0.25, -0.2) is 4.98 Å². The maximum absolute atomic E-state index is 5.53. The van der Waals surface area contributed by atoms with Gasteiger partial charge in [0.2, 0.25) is 0 Å². The highest BCUT2D eigenvalue weighted by molar-refractivity contribution is 5.30. The number of aryl methyl sites for hydroxylation is 1. The molecule has 3 N–H and O–H groups in total. The molecule has 14 heavy (non-hydrogen) atoms. The van der Waals surface area contributed by atoms with Crippen molar-refractivity contribution in [3.63, 3.8) is 0 Å². The van der Waals surface area contributed by atoms with Crippen molar-refractivity contribution in [2.75, 3.05) is 5.73 Å². The Bertz CT molecular complexity index is 415. The molecule has 6 heteroatoms. The Kier molecular flexibility index (Phi) is 2.18. The molecule has 0 atom stereocenters. The molecule has 0 spiro atoms. The number of nitrogens with one attached hydrogen (secondary N) is 1. The second-order valence-electron chi connectivity index (χ2n) is 3.02. The summed E-state index contributed by atoms with van der Waals surface area (Å²) in [6.45, 7) is 2.59. The first-order chi connectivity index (χ1) is 6.78. The van der Waals surface area contributed by atoms with Gasteiger partial charge in [0.05, 0.1) is 11.9 Å². The van der Waals surface area contributed by atoms with Crippen molar-refractivity contribution in [3.05, 3.63) is 24.0 Å². The zero-order valence-electron chi connectivity index (χ0n) is 7.94. The van der Waals surface area contributed by atoms with E-state index in [9.17, 15) is 0 Å². The highest BCUT2D eigenvalue weighted by Crippen LogP contribution is 2.01. The topological polar surface area (TPSA) is 85.4 Å². The van der Waals surface area contributed by atoms with E-state index in [1.165, 1.54) is 0 Å². The molecule has 0 radical (unpaired) electrons. The molecule has 2 rings (SSSR count). The molecule has 0 fully saturated rings. The van der Waals surface area contributed by atoms with Gasteiger partial charge in [0.25, 0.3) is 0 Å². The smallest absolute Gasteiger partial charge is 0.150 e. The van der Waals surface area contributed by atoms with Crippen LogP contribution in [-0.4, -0.2) is 25.0 Å². The van der Waals surface area contributed by atoms with E-state index in [1.54, 1.807) is 17.1 Å².